The average Bonchev–Trinajstić information content (AvgIpc) is 2.42. The van der Waals surface area contributed by atoms with Crippen LogP contribution in [0.25, 0.3) is 0 Å². The number of nitrogens with one attached hydrogen (secondary N) is 1. The molecule has 0 aromatic heterocycles. The zero-order chi connectivity index (χ0) is 11.7. The maximum absolute atomic E-state index is 3.76. The van der Waals surface area contributed by atoms with Crippen molar-refractivity contribution in [2.45, 2.75) is 66.8 Å². The topological polar surface area (TPSA) is 12.0 Å². The molecule has 0 spiro atoms. The van der Waals surface area contributed by atoms with Crippen molar-refractivity contribution in [2.24, 2.45) is 16.7 Å². The van der Waals surface area contributed by atoms with E-state index in [-0.39, 0.29) is 0 Å². The summed E-state index contributed by atoms with van der Waals surface area (Å²) in [5.74, 6) is 0.749. The van der Waals surface area contributed by atoms with Crippen LogP contribution in [0.3, 0.4) is 0 Å². The molecule has 1 saturated carbocycles. The molecule has 1 aliphatic rings. The molecule has 90 valence electrons. The summed E-state index contributed by atoms with van der Waals surface area (Å²) in [7, 11) is 0. The van der Waals surface area contributed by atoms with Gasteiger partial charge < -0.3 is 5.32 Å². The summed E-state index contributed by atoms with van der Waals surface area (Å²) in [6, 6.07) is 0.762. The zero-order valence-corrected chi connectivity index (χ0v) is 11.5. The molecule has 1 heteroatoms. The summed E-state index contributed by atoms with van der Waals surface area (Å²) in [5.41, 5.74) is 0.992. The van der Waals surface area contributed by atoms with Crippen molar-refractivity contribution in [3.8, 4) is 0 Å². The van der Waals surface area contributed by atoms with Gasteiger partial charge in [-0.2, -0.15) is 0 Å². The van der Waals surface area contributed by atoms with E-state index in [1.54, 1.807) is 0 Å². The van der Waals surface area contributed by atoms with Gasteiger partial charge in [-0.3, -0.25) is 0 Å². The summed E-state index contributed by atoms with van der Waals surface area (Å²) in [6.45, 7) is 15.3. The standard InChI is InChI=1S/C14H29N/c1-11(2)14(5,6)10-15-12-7-8-13(3,4)9-12/h11-12,15H,7-10H2,1-6H3. The molecule has 0 saturated heterocycles. The Balaban J connectivity index is 2.33. The van der Waals surface area contributed by atoms with Crippen molar-refractivity contribution in [1.29, 1.82) is 0 Å². The van der Waals surface area contributed by atoms with E-state index in [1.807, 2.05) is 0 Å². The van der Waals surface area contributed by atoms with Crippen LogP contribution < -0.4 is 5.32 Å². The lowest BCUT2D eigenvalue weighted by molar-refractivity contribution is 0.225. The van der Waals surface area contributed by atoms with Crippen LogP contribution in [0, 0.1) is 16.7 Å². The molecule has 0 aliphatic heterocycles. The van der Waals surface area contributed by atoms with Crippen molar-refractivity contribution in [1.82, 2.24) is 5.32 Å². The Morgan fingerprint density at radius 3 is 2.33 bits per heavy atom. The second kappa shape index (κ2) is 4.45. The molecule has 0 radical (unpaired) electrons. The zero-order valence-electron chi connectivity index (χ0n) is 11.5. The summed E-state index contributed by atoms with van der Waals surface area (Å²) in [5, 5.41) is 3.76. The first-order chi connectivity index (χ1) is 6.73. The molecular weight excluding hydrogens is 182 g/mol. The third-order valence-corrected chi connectivity index (χ3v) is 4.38. The Morgan fingerprint density at radius 2 is 1.93 bits per heavy atom. The molecule has 1 fully saturated rings. The van der Waals surface area contributed by atoms with Crippen molar-refractivity contribution >= 4 is 0 Å². The molecule has 0 amide bonds. The fourth-order valence-corrected chi connectivity index (χ4v) is 2.22. The minimum Gasteiger partial charge on any atom is -0.313 e. The van der Waals surface area contributed by atoms with E-state index in [2.05, 4.69) is 46.9 Å². The molecule has 1 nitrogen and oxygen atoms in total. The van der Waals surface area contributed by atoms with Crippen LogP contribution in [-0.2, 0) is 0 Å². The van der Waals surface area contributed by atoms with Crippen LogP contribution in [-0.4, -0.2) is 12.6 Å². The molecule has 1 unspecified atom stereocenters. The molecule has 1 aliphatic carbocycles. The smallest absolute Gasteiger partial charge is 0.00725 e. The van der Waals surface area contributed by atoms with Crippen LogP contribution >= 0.6 is 0 Å². The van der Waals surface area contributed by atoms with Crippen LogP contribution in [0.15, 0.2) is 0 Å². The highest BCUT2D eigenvalue weighted by molar-refractivity contribution is 4.88. The molecular formula is C14H29N. The predicted octanol–water partition coefficient (Wildman–Crippen LogP) is 3.84. The van der Waals surface area contributed by atoms with Crippen molar-refractivity contribution < 1.29 is 0 Å². The lowest BCUT2D eigenvalue weighted by atomic mass is 9.81. The van der Waals surface area contributed by atoms with E-state index in [0.29, 0.717) is 10.8 Å². The van der Waals surface area contributed by atoms with Gasteiger partial charge in [-0.05, 0) is 36.0 Å². The van der Waals surface area contributed by atoms with E-state index in [9.17, 15) is 0 Å². The number of hydrogen-bond acceptors (Lipinski definition) is 1. The maximum atomic E-state index is 3.76. The highest BCUT2D eigenvalue weighted by Gasteiger charge is 2.32. The lowest BCUT2D eigenvalue weighted by Crippen LogP contribution is -2.38. The summed E-state index contributed by atoms with van der Waals surface area (Å²) in [4.78, 5) is 0. The first-order valence-electron chi connectivity index (χ1n) is 6.46. The van der Waals surface area contributed by atoms with Gasteiger partial charge in [-0.1, -0.05) is 41.5 Å². The van der Waals surface area contributed by atoms with Gasteiger partial charge in [0.2, 0.25) is 0 Å². The van der Waals surface area contributed by atoms with E-state index in [4.69, 9.17) is 0 Å². The Bertz CT molecular complexity index is 203. The van der Waals surface area contributed by atoms with Gasteiger partial charge in [0.15, 0.2) is 0 Å². The second-order valence-corrected chi connectivity index (χ2v) is 7.13. The Hall–Kier alpha value is -0.0400. The minimum absolute atomic E-state index is 0.423. The van der Waals surface area contributed by atoms with Gasteiger partial charge >= 0.3 is 0 Å². The molecule has 15 heavy (non-hydrogen) atoms. The minimum atomic E-state index is 0.423. The van der Waals surface area contributed by atoms with Crippen LogP contribution in [0.4, 0.5) is 0 Å². The van der Waals surface area contributed by atoms with Crippen LogP contribution in [0.1, 0.15) is 60.8 Å². The van der Waals surface area contributed by atoms with Crippen LogP contribution in [0.5, 0.6) is 0 Å². The van der Waals surface area contributed by atoms with Gasteiger partial charge in [-0.15, -0.1) is 0 Å². The van der Waals surface area contributed by atoms with Gasteiger partial charge in [-0.25, -0.2) is 0 Å². The van der Waals surface area contributed by atoms with E-state index in [1.165, 1.54) is 19.3 Å². The summed E-state index contributed by atoms with van der Waals surface area (Å²) >= 11 is 0. The molecule has 0 bridgehead atoms. The average molecular weight is 211 g/mol. The molecule has 0 aromatic carbocycles. The highest BCUT2D eigenvalue weighted by atomic mass is 14.9. The van der Waals surface area contributed by atoms with Crippen molar-refractivity contribution in [3.63, 3.8) is 0 Å². The highest BCUT2D eigenvalue weighted by Crippen LogP contribution is 2.37. The molecule has 0 aromatic rings. The van der Waals surface area contributed by atoms with Crippen molar-refractivity contribution in [3.05, 3.63) is 0 Å². The number of rotatable bonds is 4. The lowest BCUT2D eigenvalue weighted by Gasteiger charge is -2.31. The molecule has 0 heterocycles. The first-order valence-corrected chi connectivity index (χ1v) is 6.46. The molecule has 1 atom stereocenters. The van der Waals surface area contributed by atoms with E-state index >= 15 is 0 Å². The summed E-state index contributed by atoms with van der Waals surface area (Å²) < 4.78 is 0. The fraction of sp³-hybridized carbons (Fsp3) is 1.00. The van der Waals surface area contributed by atoms with Crippen molar-refractivity contribution in [2.75, 3.05) is 6.54 Å². The normalized spacial score (nSPS) is 26.2. The Morgan fingerprint density at radius 1 is 1.33 bits per heavy atom. The van der Waals surface area contributed by atoms with Crippen LogP contribution in [0.2, 0.25) is 0 Å². The third kappa shape index (κ3) is 3.79. The van der Waals surface area contributed by atoms with Gasteiger partial charge in [0, 0.05) is 12.6 Å². The van der Waals surface area contributed by atoms with Gasteiger partial charge in [0.05, 0.1) is 0 Å². The monoisotopic (exact) mass is 211 g/mol. The first kappa shape index (κ1) is 13.0. The maximum Gasteiger partial charge on any atom is 0.00725 e. The summed E-state index contributed by atoms with van der Waals surface area (Å²) in [6.07, 6.45) is 4.09. The largest absolute Gasteiger partial charge is 0.313 e. The SMILES string of the molecule is CC(C)C(C)(C)CNC1CCC(C)(C)C1. The molecule has 1 N–H and O–H groups in total. The van der Waals surface area contributed by atoms with Gasteiger partial charge in [0.1, 0.15) is 0 Å². The second-order valence-electron chi connectivity index (χ2n) is 7.13. The van der Waals surface area contributed by atoms with E-state index in [0.717, 1.165) is 18.5 Å². The third-order valence-electron chi connectivity index (χ3n) is 4.38. The predicted molar refractivity (Wildman–Crippen MR) is 68.0 cm³/mol. The Labute approximate surface area is 96.0 Å². The quantitative estimate of drug-likeness (QED) is 0.745. The number of hydrogen-bond donors (Lipinski definition) is 1. The van der Waals surface area contributed by atoms with Gasteiger partial charge in [0.25, 0.3) is 0 Å². The Kier molecular flexibility index (Phi) is 3.86. The molecule has 1 rings (SSSR count). The fourth-order valence-electron chi connectivity index (χ4n) is 2.22. The van der Waals surface area contributed by atoms with E-state index < -0.39 is 0 Å².